The summed E-state index contributed by atoms with van der Waals surface area (Å²) >= 11 is 3.27. The van der Waals surface area contributed by atoms with Gasteiger partial charge in [0.15, 0.2) is 0 Å². The summed E-state index contributed by atoms with van der Waals surface area (Å²) in [4.78, 5) is 18.6. The van der Waals surface area contributed by atoms with Gasteiger partial charge in [-0.3, -0.25) is 4.98 Å². The lowest BCUT2D eigenvalue weighted by molar-refractivity contribution is -0.0601. The highest BCUT2D eigenvalue weighted by Crippen LogP contribution is 2.40. The lowest BCUT2D eigenvalue weighted by Crippen LogP contribution is -2.40. The van der Waals surface area contributed by atoms with Crippen LogP contribution in [-0.4, -0.2) is 77.7 Å². The molecule has 9 nitrogen and oxygen atoms in total. The Balaban J connectivity index is 1.75. The number of aliphatic hydroxyl groups excluding tert-OH is 2. The second-order valence-electron chi connectivity index (χ2n) is 9.27. The zero-order chi connectivity index (χ0) is 24.6. The van der Waals surface area contributed by atoms with Crippen molar-refractivity contribution in [3.05, 3.63) is 23.7 Å². The Labute approximate surface area is 207 Å². The van der Waals surface area contributed by atoms with E-state index in [9.17, 15) is 15.3 Å². The molecule has 0 aliphatic heterocycles. The SMILES string of the molecule is CSCCNc1nc(C)c(-c2nc3c(C)nccc3s2)c(N[C@@H]2C[C@H](C(C)(C)O)[C@@H](O)[C@H]2O)n1. The molecular weight excluding hydrogens is 472 g/mol. The van der Waals surface area contributed by atoms with Gasteiger partial charge in [0.1, 0.15) is 22.4 Å². The van der Waals surface area contributed by atoms with E-state index in [1.807, 2.05) is 26.2 Å². The third kappa shape index (κ3) is 4.99. The number of aliphatic hydroxyl groups is 3. The number of rotatable bonds is 8. The second-order valence-corrected chi connectivity index (χ2v) is 11.3. The van der Waals surface area contributed by atoms with E-state index in [0.717, 1.165) is 44.5 Å². The normalized spacial score (nSPS) is 22.9. The summed E-state index contributed by atoms with van der Waals surface area (Å²) in [5, 5.41) is 39.2. The molecule has 1 saturated carbocycles. The van der Waals surface area contributed by atoms with Crippen LogP contribution in [0.2, 0.25) is 0 Å². The zero-order valence-electron chi connectivity index (χ0n) is 20.0. The van der Waals surface area contributed by atoms with Crippen LogP contribution in [0.3, 0.4) is 0 Å². The van der Waals surface area contributed by atoms with E-state index in [0.29, 0.717) is 18.2 Å². The molecule has 0 unspecified atom stereocenters. The molecule has 1 aliphatic carbocycles. The van der Waals surface area contributed by atoms with Crippen molar-refractivity contribution in [2.24, 2.45) is 5.92 Å². The quantitative estimate of drug-likeness (QED) is 0.291. The van der Waals surface area contributed by atoms with Crippen molar-refractivity contribution in [1.82, 2.24) is 19.9 Å². The number of nitrogens with one attached hydrogen (secondary N) is 2. The molecule has 5 N–H and O–H groups in total. The maximum Gasteiger partial charge on any atom is 0.224 e. The molecule has 11 heteroatoms. The predicted molar refractivity (Wildman–Crippen MR) is 139 cm³/mol. The number of aryl methyl sites for hydroxylation is 2. The molecule has 0 radical (unpaired) electrons. The summed E-state index contributed by atoms with van der Waals surface area (Å²) in [6.45, 7) is 7.87. The van der Waals surface area contributed by atoms with Crippen LogP contribution in [0.15, 0.2) is 12.3 Å². The largest absolute Gasteiger partial charge is 0.390 e. The van der Waals surface area contributed by atoms with Crippen LogP contribution in [0.1, 0.15) is 31.7 Å². The van der Waals surface area contributed by atoms with Gasteiger partial charge in [-0.15, -0.1) is 11.3 Å². The molecule has 0 aromatic carbocycles. The van der Waals surface area contributed by atoms with Crippen molar-refractivity contribution in [2.45, 2.75) is 58.0 Å². The molecule has 184 valence electrons. The van der Waals surface area contributed by atoms with Gasteiger partial charge in [0, 0.05) is 24.4 Å². The van der Waals surface area contributed by atoms with Gasteiger partial charge in [0.05, 0.1) is 39.4 Å². The first-order valence-electron chi connectivity index (χ1n) is 11.3. The Morgan fingerprint density at radius 1 is 1.15 bits per heavy atom. The molecule has 0 amide bonds. The summed E-state index contributed by atoms with van der Waals surface area (Å²) in [5.41, 5.74) is 2.08. The minimum atomic E-state index is -1.12. The fraction of sp³-hybridized carbons (Fsp3) is 0.565. The van der Waals surface area contributed by atoms with Crippen LogP contribution < -0.4 is 10.6 Å². The number of pyridine rings is 1. The molecule has 3 heterocycles. The van der Waals surface area contributed by atoms with Crippen molar-refractivity contribution in [2.75, 3.05) is 29.2 Å². The maximum absolute atomic E-state index is 10.8. The molecule has 0 spiro atoms. The molecule has 4 atom stereocenters. The highest BCUT2D eigenvalue weighted by atomic mass is 32.2. The third-order valence-corrected chi connectivity index (χ3v) is 7.95. The van der Waals surface area contributed by atoms with Crippen LogP contribution in [0.25, 0.3) is 20.8 Å². The summed E-state index contributed by atoms with van der Waals surface area (Å²) in [7, 11) is 0. The lowest BCUT2D eigenvalue weighted by Gasteiger charge is -2.28. The highest BCUT2D eigenvalue weighted by molar-refractivity contribution is 7.98. The van der Waals surface area contributed by atoms with Gasteiger partial charge >= 0.3 is 0 Å². The van der Waals surface area contributed by atoms with Crippen molar-refractivity contribution in [1.29, 1.82) is 0 Å². The molecule has 1 fully saturated rings. The first-order valence-corrected chi connectivity index (χ1v) is 13.5. The van der Waals surface area contributed by atoms with E-state index < -0.39 is 29.8 Å². The van der Waals surface area contributed by atoms with Gasteiger partial charge in [-0.1, -0.05) is 0 Å². The summed E-state index contributed by atoms with van der Waals surface area (Å²) in [5.74, 6) is 1.47. The lowest BCUT2D eigenvalue weighted by atomic mass is 9.88. The average Bonchev–Trinajstić information content (AvgIpc) is 3.31. The van der Waals surface area contributed by atoms with E-state index >= 15 is 0 Å². The molecule has 3 aromatic rings. The number of aromatic nitrogens is 4. The number of nitrogens with zero attached hydrogens (tertiary/aromatic N) is 4. The third-order valence-electron chi connectivity index (χ3n) is 6.30. The number of anilines is 2. The van der Waals surface area contributed by atoms with Gasteiger partial charge in [-0.05, 0) is 46.4 Å². The molecular formula is C23H32N6O3S2. The van der Waals surface area contributed by atoms with Gasteiger partial charge in [-0.2, -0.15) is 16.7 Å². The molecule has 0 saturated heterocycles. The van der Waals surface area contributed by atoms with Crippen LogP contribution >= 0.6 is 23.1 Å². The summed E-state index contributed by atoms with van der Waals surface area (Å²) in [6.07, 6.45) is 2.12. The molecule has 0 bridgehead atoms. The molecule has 4 rings (SSSR count). The molecule has 34 heavy (non-hydrogen) atoms. The number of hydrogen-bond acceptors (Lipinski definition) is 11. The van der Waals surface area contributed by atoms with Crippen molar-refractivity contribution in [3.63, 3.8) is 0 Å². The summed E-state index contributed by atoms with van der Waals surface area (Å²) in [6, 6.07) is 1.45. The van der Waals surface area contributed by atoms with Crippen LogP contribution in [-0.2, 0) is 0 Å². The van der Waals surface area contributed by atoms with Crippen molar-refractivity contribution >= 4 is 45.1 Å². The Morgan fingerprint density at radius 2 is 1.91 bits per heavy atom. The minimum absolute atomic E-state index is 0.395. The van der Waals surface area contributed by atoms with Gasteiger partial charge in [0.2, 0.25) is 5.95 Å². The standard InChI is InChI=1S/C23H32N6O3S2/c1-11-16(21-28-17-12(2)24-7-6-15(17)34-21)20(29-22(26-11)25-8-9-33-5)27-14-10-13(23(3,4)32)18(30)19(14)31/h6-7,13-14,18-19,30-32H,8-10H2,1-5H3,(H2,25,26,27,29)/t13-,14+,18+,19-/m0/s1. The van der Waals surface area contributed by atoms with Gasteiger partial charge in [-0.25, -0.2) is 9.97 Å². The van der Waals surface area contributed by atoms with Crippen LogP contribution in [0.5, 0.6) is 0 Å². The van der Waals surface area contributed by atoms with Gasteiger partial charge < -0.3 is 26.0 Å². The number of fused-ring (bicyclic) bond motifs is 1. The smallest absolute Gasteiger partial charge is 0.224 e. The van der Waals surface area contributed by atoms with Crippen molar-refractivity contribution in [3.8, 4) is 10.6 Å². The topological polar surface area (TPSA) is 136 Å². The fourth-order valence-corrected chi connectivity index (χ4v) is 5.84. The highest BCUT2D eigenvalue weighted by Gasteiger charge is 2.47. The Morgan fingerprint density at radius 3 is 2.56 bits per heavy atom. The van der Waals surface area contributed by atoms with E-state index in [1.54, 1.807) is 31.8 Å². The van der Waals surface area contributed by atoms with Crippen molar-refractivity contribution < 1.29 is 15.3 Å². The first kappa shape index (κ1) is 25.1. The van der Waals surface area contributed by atoms with E-state index in [4.69, 9.17) is 9.97 Å². The van der Waals surface area contributed by atoms with E-state index in [2.05, 4.69) is 20.6 Å². The first-order chi connectivity index (χ1) is 16.1. The number of thioether (sulfide) groups is 1. The van der Waals surface area contributed by atoms with E-state index in [1.165, 1.54) is 11.3 Å². The fourth-order valence-electron chi connectivity index (χ4n) is 4.42. The predicted octanol–water partition coefficient (Wildman–Crippen LogP) is 2.83. The number of hydrogen-bond donors (Lipinski definition) is 5. The van der Waals surface area contributed by atoms with Crippen LogP contribution in [0.4, 0.5) is 11.8 Å². The van der Waals surface area contributed by atoms with Crippen LogP contribution in [0, 0.1) is 19.8 Å². The number of thiazole rings is 1. The monoisotopic (exact) mass is 504 g/mol. The second kappa shape index (κ2) is 9.90. The molecule has 3 aromatic heterocycles. The van der Waals surface area contributed by atoms with E-state index in [-0.39, 0.29) is 0 Å². The minimum Gasteiger partial charge on any atom is -0.390 e. The molecule has 1 aliphatic rings. The Hall–Kier alpha value is -2.05. The zero-order valence-corrected chi connectivity index (χ0v) is 21.7. The Kier molecular flexibility index (Phi) is 7.30. The summed E-state index contributed by atoms with van der Waals surface area (Å²) < 4.78 is 1.02. The van der Waals surface area contributed by atoms with Gasteiger partial charge in [0.25, 0.3) is 0 Å². The Bertz CT molecular complexity index is 1170. The maximum atomic E-state index is 10.8. The average molecular weight is 505 g/mol.